The zero-order chi connectivity index (χ0) is 16.3. The number of carbonyl (C=O) groups is 1. The minimum Gasteiger partial charge on any atom is -0.466 e. The topological polar surface area (TPSA) is 60.4 Å². The van der Waals surface area contributed by atoms with Crippen molar-refractivity contribution in [3.63, 3.8) is 0 Å². The molecule has 1 rings (SSSR count). The van der Waals surface area contributed by atoms with E-state index >= 15 is 0 Å². The molecule has 1 aromatic carbocycles. The number of sulfone groups is 1. The number of hydrogen-bond acceptors (Lipinski definition) is 4. The van der Waals surface area contributed by atoms with Gasteiger partial charge in [0.15, 0.2) is 9.84 Å². The number of rotatable bonds is 5. The van der Waals surface area contributed by atoms with Crippen LogP contribution in [-0.2, 0) is 25.5 Å². The van der Waals surface area contributed by atoms with E-state index in [1.54, 1.807) is 6.92 Å². The molecule has 0 aliphatic heterocycles. The third kappa shape index (κ3) is 4.45. The van der Waals surface area contributed by atoms with Crippen molar-refractivity contribution in [3.05, 3.63) is 29.8 Å². The molecule has 0 heterocycles. The summed E-state index contributed by atoms with van der Waals surface area (Å²) in [5, 5.41) is 0. The van der Waals surface area contributed by atoms with Crippen LogP contribution < -0.4 is 0 Å². The molecule has 0 bridgehead atoms. The molecule has 0 saturated carbocycles. The first kappa shape index (κ1) is 17.5. The molecule has 0 N–H and O–H groups in total. The summed E-state index contributed by atoms with van der Waals surface area (Å²) in [7, 11) is -4.26. The van der Waals surface area contributed by atoms with Crippen molar-refractivity contribution in [1.82, 2.24) is 0 Å². The molecule has 0 amide bonds. The zero-order valence-electron chi connectivity index (χ0n) is 11.5. The van der Waals surface area contributed by atoms with Crippen LogP contribution in [0.4, 0.5) is 13.2 Å². The highest BCUT2D eigenvalue weighted by Crippen LogP contribution is 2.34. The highest BCUT2D eigenvalue weighted by Gasteiger charge is 2.37. The molecule has 0 aromatic heterocycles. The van der Waals surface area contributed by atoms with Crippen molar-refractivity contribution < 1.29 is 31.1 Å². The van der Waals surface area contributed by atoms with Gasteiger partial charge in [0.05, 0.1) is 28.7 Å². The highest BCUT2D eigenvalue weighted by molar-refractivity contribution is 7.91. The summed E-state index contributed by atoms with van der Waals surface area (Å²) in [4.78, 5) is 10.6. The molecule has 0 radical (unpaired) electrons. The van der Waals surface area contributed by atoms with Gasteiger partial charge < -0.3 is 4.74 Å². The number of alkyl halides is 3. The van der Waals surface area contributed by atoms with E-state index < -0.39 is 44.1 Å². The number of carbonyl (C=O) groups excluding carboxylic acids is 1. The van der Waals surface area contributed by atoms with Gasteiger partial charge >= 0.3 is 12.1 Å². The van der Waals surface area contributed by atoms with Crippen molar-refractivity contribution in [2.75, 3.05) is 12.4 Å². The normalized spacial score (nSPS) is 13.8. The molecule has 0 aliphatic carbocycles. The Labute approximate surface area is 120 Å². The van der Waals surface area contributed by atoms with Crippen molar-refractivity contribution in [1.29, 1.82) is 0 Å². The Bertz CT molecular complexity index is 608. The zero-order valence-corrected chi connectivity index (χ0v) is 12.3. The molecule has 8 heteroatoms. The molecule has 0 fully saturated rings. The summed E-state index contributed by atoms with van der Waals surface area (Å²) in [5.41, 5.74) is -1.24. The van der Waals surface area contributed by atoms with Crippen LogP contribution in [0.25, 0.3) is 0 Å². The number of esters is 1. The predicted octanol–water partition coefficient (Wildman–Crippen LogP) is 2.68. The summed E-state index contributed by atoms with van der Waals surface area (Å²) in [5.74, 6) is -2.54. The van der Waals surface area contributed by atoms with Gasteiger partial charge in [0.2, 0.25) is 0 Å². The van der Waals surface area contributed by atoms with E-state index in [2.05, 4.69) is 4.74 Å². The maximum Gasteiger partial charge on any atom is 0.417 e. The number of halogens is 3. The Kier molecular flexibility index (Phi) is 5.38. The molecule has 1 unspecified atom stereocenters. The first-order chi connectivity index (χ1) is 9.59. The Morgan fingerprint density at radius 2 is 1.86 bits per heavy atom. The largest absolute Gasteiger partial charge is 0.466 e. The lowest BCUT2D eigenvalue weighted by Crippen LogP contribution is -2.25. The van der Waals surface area contributed by atoms with Crippen LogP contribution in [0.5, 0.6) is 0 Å². The fraction of sp³-hybridized carbons (Fsp3) is 0.462. The number of ether oxygens (including phenoxy) is 1. The van der Waals surface area contributed by atoms with E-state index in [0.29, 0.717) is 6.07 Å². The fourth-order valence-electron chi connectivity index (χ4n) is 1.74. The number of hydrogen-bond donors (Lipinski definition) is 0. The van der Waals surface area contributed by atoms with Crippen LogP contribution in [0.15, 0.2) is 29.2 Å². The van der Waals surface area contributed by atoms with E-state index in [1.807, 2.05) is 0 Å². The highest BCUT2D eigenvalue weighted by atomic mass is 32.2. The fourth-order valence-corrected chi connectivity index (χ4v) is 3.52. The van der Waals surface area contributed by atoms with Crippen molar-refractivity contribution in [2.24, 2.45) is 5.92 Å². The van der Waals surface area contributed by atoms with E-state index in [-0.39, 0.29) is 6.61 Å². The van der Waals surface area contributed by atoms with Gasteiger partial charge in [-0.1, -0.05) is 19.1 Å². The SMILES string of the molecule is CCOC(=O)C(C)CS(=O)(=O)c1ccccc1C(F)(F)F. The second-order valence-corrected chi connectivity index (χ2v) is 6.43. The standard InChI is InChI=1S/C13H15F3O4S/c1-3-20-12(17)9(2)8-21(18,19)11-7-5-4-6-10(11)13(14,15)16/h4-7,9H,3,8H2,1-2H3. The van der Waals surface area contributed by atoms with Crippen molar-refractivity contribution in [3.8, 4) is 0 Å². The van der Waals surface area contributed by atoms with Gasteiger partial charge in [0.25, 0.3) is 0 Å². The Balaban J connectivity index is 3.13. The van der Waals surface area contributed by atoms with Crippen LogP contribution in [-0.4, -0.2) is 26.7 Å². The van der Waals surface area contributed by atoms with Crippen molar-refractivity contribution >= 4 is 15.8 Å². The average molecular weight is 324 g/mol. The predicted molar refractivity (Wildman–Crippen MR) is 69.3 cm³/mol. The van der Waals surface area contributed by atoms with Crippen molar-refractivity contribution in [2.45, 2.75) is 24.9 Å². The molecular formula is C13H15F3O4S. The molecule has 0 saturated heterocycles. The van der Waals surface area contributed by atoms with Gasteiger partial charge in [-0.15, -0.1) is 0 Å². The van der Waals surface area contributed by atoms with Gasteiger partial charge in [-0.3, -0.25) is 4.79 Å². The molecule has 1 atom stereocenters. The van der Waals surface area contributed by atoms with E-state index in [0.717, 1.165) is 12.1 Å². The average Bonchev–Trinajstić information content (AvgIpc) is 2.37. The molecular weight excluding hydrogens is 309 g/mol. The molecule has 1 aromatic rings. The second kappa shape index (κ2) is 6.46. The summed E-state index contributed by atoms with van der Waals surface area (Å²) < 4.78 is 67.4. The molecule has 21 heavy (non-hydrogen) atoms. The molecule has 0 spiro atoms. The molecule has 0 aliphatic rings. The Morgan fingerprint density at radius 1 is 1.29 bits per heavy atom. The lowest BCUT2D eigenvalue weighted by atomic mass is 10.2. The third-order valence-electron chi connectivity index (χ3n) is 2.69. The van der Waals surface area contributed by atoms with Gasteiger partial charge in [-0.2, -0.15) is 13.2 Å². The molecule has 4 nitrogen and oxygen atoms in total. The van der Waals surface area contributed by atoms with Crippen LogP contribution in [0.3, 0.4) is 0 Å². The van der Waals surface area contributed by atoms with Gasteiger partial charge in [0.1, 0.15) is 0 Å². The van der Waals surface area contributed by atoms with E-state index in [1.165, 1.54) is 13.0 Å². The third-order valence-corrected chi connectivity index (χ3v) is 4.65. The lowest BCUT2D eigenvalue weighted by molar-refractivity contribution is -0.146. The van der Waals surface area contributed by atoms with Gasteiger partial charge in [-0.05, 0) is 19.1 Å². The van der Waals surface area contributed by atoms with Crippen LogP contribution in [0.1, 0.15) is 19.4 Å². The maximum atomic E-state index is 12.8. The quantitative estimate of drug-likeness (QED) is 0.781. The maximum absolute atomic E-state index is 12.8. The smallest absolute Gasteiger partial charge is 0.417 e. The summed E-state index contributed by atoms with van der Waals surface area (Å²) in [6, 6.07) is 3.89. The lowest BCUT2D eigenvalue weighted by Gasteiger charge is -2.15. The van der Waals surface area contributed by atoms with Gasteiger partial charge in [0, 0.05) is 0 Å². The minimum atomic E-state index is -4.78. The minimum absolute atomic E-state index is 0.0718. The van der Waals surface area contributed by atoms with Crippen LogP contribution >= 0.6 is 0 Å². The molecule has 118 valence electrons. The second-order valence-electron chi connectivity index (χ2n) is 4.43. The van der Waals surface area contributed by atoms with E-state index in [9.17, 15) is 26.4 Å². The number of benzene rings is 1. The monoisotopic (exact) mass is 324 g/mol. The van der Waals surface area contributed by atoms with E-state index in [4.69, 9.17) is 0 Å². The first-order valence-electron chi connectivity index (χ1n) is 6.15. The van der Waals surface area contributed by atoms with Crippen LogP contribution in [0.2, 0.25) is 0 Å². The summed E-state index contributed by atoms with van der Waals surface area (Å²) in [6.07, 6.45) is -4.78. The summed E-state index contributed by atoms with van der Waals surface area (Å²) >= 11 is 0. The Morgan fingerprint density at radius 3 is 2.38 bits per heavy atom. The van der Waals surface area contributed by atoms with Crippen LogP contribution in [0, 0.1) is 5.92 Å². The first-order valence-corrected chi connectivity index (χ1v) is 7.80. The Hall–Kier alpha value is -1.57. The summed E-state index contributed by atoms with van der Waals surface area (Å²) in [6.45, 7) is 2.92. The van der Waals surface area contributed by atoms with Gasteiger partial charge in [-0.25, -0.2) is 8.42 Å².